The van der Waals surface area contributed by atoms with Crippen LogP contribution in [0.5, 0.6) is 0 Å². The molecule has 2 fully saturated rings. The third-order valence-electron chi connectivity index (χ3n) is 6.33. The third kappa shape index (κ3) is 4.55. The molecular formula is C22H32N4O2. The molecule has 1 aromatic rings. The lowest BCUT2D eigenvalue weighted by atomic mass is 10.2. The van der Waals surface area contributed by atoms with Crippen molar-refractivity contribution < 1.29 is 9.59 Å². The molecule has 4 rings (SSSR count). The number of rotatable bonds is 4. The van der Waals surface area contributed by atoms with Gasteiger partial charge in [0, 0.05) is 51.5 Å². The normalized spacial score (nSPS) is 21.4. The van der Waals surface area contributed by atoms with Gasteiger partial charge in [-0.3, -0.25) is 19.4 Å². The number of hydrogen-bond donors (Lipinski definition) is 0. The molecule has 3 aliphatic heterocycles. The minimum Gasteiger partial charge on any atom is -0.342 e. The molecule has 0 unspecified atom stereocenters. The number of fused-ring (bicyclic) bond motifs is 1. The van der Waals surface area contributed by atoms with Crippen molar-refractivity contribution in [1.29, 1.82) is 0 Å². The number of likely N-dealkylation sites (tertiary alicyclic amines) is 1. The zero-order valence-electron chi connectivity index (χ0n) is 16.8. The molecule has 2 saturated heterocycles. The van der Waals surface area contributed by atoms with Crippen molar-refractivity contribution in [2.75, 3.05) is 63.8 Å². The fourth-order valence-electron chi connectivity index (χ4n) is 4.59. The van der Waals surface area contributed by atoms with Crippen molar-refractivity contribution in [3.8, 4) is 0 Å². The molecule has 152 valence electrons. The molecule has 2 amide bonds. The maximum Gasteiger partial charge on any atom is 0.241 e. The van der Waals surface area contributed by atoms with E-state index in [0.29, 0.717) is 13.1 Å². The van der Waals surface area contributed by atoms with Crippen molar-refractivity contribution in [2.24, 2.45) is 0 Å². The molecule has 0 atom stereocenters. The standard InChI is InChI=1S/C22H32N4O2/c27-21(25-10-5-1-2-6-11-25)17-23-13-15-24(16-14-23)18-22(28)26-12-9-19-7-3-4-8-20(19)26/h3-4,7-8H,1-2,5-6,9-18H2. The van der Waals surface area contributed by atoms with E-state index in [4.69, 9.17) is 0 Å². The summed E-state index contributed by atoms with van der Waals surface area (Å²) in [6.45, 7) is 7.08. The Labute approximate surface area is 168 Å². The maximum atomic E-state index is 12.8. The van der Waals surface area contributed by atoms with E-state index in [-0.39, 0.29) is 11.8 Å². The lowest BCUT2D eigenvalue weighted by molar-refractivity contribution is -0.133. The topological polar surface area (TPSA) is 47.1 Å². The van der Waals surface area contributed by atoms with Crippen LogP contribution in [0.3, 0.4) is 0 Å². The van der Waals surface area contributed by atoms with E-state index in [2.05, 4.69) is 15.9 Å². The molecule has 0 N–H and O–H groups in total. The van der Waals surface area contributed by atoms with E-state index in [1.807, 2.05) is 28.0 Å². The highest BCUT2D eigenvalue weighted by atomic mass is 16.2. The van der Waals surface area contributed by atoms with Crippen molar-refractivity contribution >= 4 is 17.5 Å². The number of amides is 2. The Morgan fingerprint density at radius 2 is 1.32 bits per heavy atom. The number of nitrogens with zero attached hydrogens (tertiary/aromatic N) is 4. The predicted octanol–water partition coefficient (Wildman–Crippen LogP) is 1.60. The van der Waals surface area contributed by atoms with Gasteiger partial charge in [-0.05, 0) is 30.9 Å². The number of carbonyl (C=O) groups is 2. The Kier molecular flexibility index (Phi) is 6.27. The first-order valence-electron chi connectivity index (χ1n) is 10.8. The number of para-hydroxylation sites is 1. The lowest BCUT2D eigenvalue weighted by Crippen LogP contribution is -2.52. The number of carbonyl (C=O) groups excluding carboxylic acids is 2. The Balaban J connectivity index is 1.22. The van der Waals surface area contributed by atoms with Crippen LogP contribution in [0.25, 0.3) is 0 Å². The predicted molar refractivity (Wildman–Crippen MR) is 110 cm³/mol. The van der Waals surface area contributed by atoms with Gasteiger partial charge >= 0.3 is 0 Å². The Hall–Kier alpha value is -1.92. The first kappa shape index (κ1) is 19.4. The monoisotopic (exact) mass is 384 g/mol. The number of piperazine rings is 1. The molecule has 0 bridgehead atoms. The van der Waals surface area contributed by atoms with Gasteiger partial charge in [-0.15, -0.1) is 0 Å². The van der Waals surface area contributed by atoms with Crippen LogP contribution in [0, 0.1) is 0 Å². The minimum atomic E-state index is 0.194. The molecule has 1 aromatic carbocycles. The maximum absolute atomic E-state index is 12.8. The van der Waals surface area contributed by atoms with Gasteiger partial charge in [0.25, 0.3) is 0 Å². The highest BCUT2D eigenvalue weighted by molar-refractivity contribution is 5.96. The smallest absolute Gasteiger partial charge is 0.241 e. The second kappa shape index (κ2) is 9.05. The van der Waals surface area contributed by atoms with Crippen molar-refractivity contribution in [1.82, 2.24) is 14.7 Å². The summed E-state index contributed by atoms with van der Waals surface area (Å²) >= 11 is 0. The van der Waals surface area contributed by atoms with Crippen LogP contribution in [-0.4, -0.2) is 85.4 Å². The fraction of sp³-hybridized carbons (Fsp3) is 0.636. The molecule has 0 aromatic heterocycles. The van der Waals surface area contributed by atoms with Gasteiger partial charge in [0.1, 0.15) is 0 Å². The Morgan fingerprint density at radius 3 is 2.00 bits per heavy atom. The SMILES string of the molecule is O=C(CN1CCN(CC(=O)N2CCc3ccccc32)CC1)N1CCCCCC1. The van der Waals surface area contributed by atoms with Crippen molar-refractivity contribution in [3.05, 3.63) is 29.8 Å². The molecular weight excluding hydrogens is 352 g/mol. The molecule has 0 radical (unpaired) electrons. The summed E-state index contributed by atoms with van der Waals surface area (Å²) in [6, 6.07) is 8.21. The van der Waals surface area contributed by atoms with E-state index in [9.17, 15) is 9.59 Å². The molecule has 0 spiro atoms. The average molecular weight is 385 g/mol. The highest BCUT2D eigenvalue weighted by Gasteiger charge is 2.27. The number of hydrogen-bond acceptors (Lipinski definition) is 4. The summed E-state index contributed by atoms with van der Waals surface area (Å²) in [4.78, 5) is 33.8. The summed E-state index contributed by atoms with van der Waals surface area (Å²) in [5, 5.41) is 0. The number of anilines is 1. The Morgan fingerprint density at radius 1 is 0.714 bits per heavy atom. The Bertz CT molecular complexity index is 692. The average Bonchev–Trinajstić information content (AvgIpc) is 2.95. The molecule has 0 saturated carbocycles. The minimum absolute atomic E-state index is 0.194. The largest absolute Gasteiger partial charge is 0.342 e. The van der Waals surface area contributed by atoms with E-state index in [0.717, 1.165) is 70.8 Å². The molecule has 0 aliphatic carbocycles. The first-order valence-corrected chi connectivity index (χ1v) is 10.8. The van der Waals surface area contributed by atoms with E-state index < -0.39 is 0 Å². The molecule has 6 nitrogen and oxygen atoms in total. The van der Waals surface area contributed by atoms with Gasteiger partial charge in [-0.2, -0.15) is 0 Å². The highest BCUT2D eigenvalue weighted by Crippen LogP contribution is 2.27. The zero-order valence-corrected chi connectivity index (χ0v) is 16.8. The summed E-state index contributed by atoms with van der Waals surface area (Å²) in [7, 11) is 0. The van der Waals surface area contributed by atoms with E-state index in [1.165, 1.54) is 18.4 Å². The quantitative estimate of drug-likeness (QED) is 0.791. The van der Waals surface area contributed by atoms with Crippen LogP contribution in [0.15, 0.2) is 24.3 Å². The van der Waals surface area contributed by atoms with Crippen LogP contribution in [0.2, 0.25) is 0 Å². The molecule has 6 heteroatoms. The summed E-state index contributed by atoms with van der Waals surface area (Å²) in [6.07, 6.45) is 5.73. The van der Waals surface area contributed by atoms with Crippen LogP contribution >= 0.6 is 0 Å². The van der Waals surface area contributed by atoms with Gasteiger partial charge in [0.15, 0.2) is 0 Å². The van der Waals surface area contributed by atoms with Crippen molar-refractivity contribution in [2.45, 2.75) is 32.1 Å². The summed E-state index contributed by atoms with van der Waals surface area (Å²) in [5.74, 6) is 0.471. The summed E-state index contributed by atoms with van der Waals surface area (Å²) in [5.41, 5.74) is 2.35. The first-order chi connectivity index (χ1) is 13.7. The lowest BCUT2D eigenvalue weighted by Gasteiger charge is -2.35. The van der Waals surface area contributed by atoms with E-state index >= 15 is 0 Å². The van der Waals surface area contributed by atoms with Gasteiger partial charge in [-0.1, -0.05) is 31.0 Å². The van der Waals surface area contributed by atoms with E-state index in [1.54, 1.807) is 0 Å². The van der Waals surface area contributed by atoms with Crippen LogP contribution in [-0.2, 0) is 16.0 Å². The second-order valence-corrected chi connectivity index (χ2v) is 8.27. The fourth-order valence-corrected chi connectivity index (χ4v) is 4.59. The van der Waals surface area contributed by atoms with Gasteiger partial charge in [0.05, 0.1) is 13.1 Å². The van der Waals surface area contributed by atoms with Crippen LogP contribution in [0.1, 0.15) is 31.2 Å². The summed E-state index contributed by atoms with van der Waals surface area (Å²) < 4.78 is 0. The molecule has 28 heavy (non-hydrogen) atoms. The van der Waals surface area contributed by atoms with Gasteiger partial charge < -0.3 is 9.80 Å². The number of benzene rings is 1. The molecule has 3 aliphatic rings. The van der Waals surface area contributed by atoms with Crippen molar-refractivity contribution in [3.63, 3.8) is 0 Å². The van der Waals surface area contributed by atoms with Crippen LogP contribution in [0.4, 0.5) is 5.69 Å². The molecule has 3 heterocycles. The van der Waals surface area contributed by atoms with Crippen LogP contribution < -0.4 is 4.90 Å². The second-order valence-electron chi connectivity index (χ2n) is 8.27. The van der Waals surface area contributed by atoms with Gasteiger partial charge in [-0.25, -0.2) is 0 Å². The zero-order chi connectivity index (χ0) is 19.3. The third-order valence-corrected chi connectivity index (χ3v) is 6.33. The van der Waals surface area contributed by atoms with Gasteiger partial charge in [0.2, 0.25) is 11.8 Å².